The molecule has 0 bridgehead atoms. The maximum absolute atomic E-state index is 13.1. The Morgan fingerprint density at radius 3 is 2.49 bits per heavy atom. The summed E-state index contributed by atoms with van der Waals surface area (Å²) in [6.07, 6.45) is 1.01. The molecule has 0 aromatic heterocycles. The van der Waals surface area contributed by atoms with Crippen LogP contribution in [0.15, 0.2) is 68.8 Å². The van der Waals surface area contributed by atoms with E-state index in [0.717, 1.165) is 61.0 Å². The third kappa shape index (κ3) is 7.04. The number of nitrogens with zero attached hydrogens (tertiary/aromatic N) is 4. The lowest BCUT2D eigenvalue weighted by molar-refractivity contribution is -0.384. The first-order valence-electron chi connectivity index (χ1n) is 10.9. The summed E-state index contributed by atoms with van der Waals surface area (Å²) >= 11 is 1.24. The van der Waals surface area contributed by atoms with Crippen molar-refractivity contribution in [1.82, 2.24) is 5.01 Å². The molecule has 2 aromatic rings. The Labute approximate surface area is 204 Å². The third-order valence-electron chi connectivity index (χ3n) is 5.02. The Kier molecular flexibility index (Phi) is 8.49. The molecule has 8 nitrogen and oxygen atoms in total. The smallest absolute Gasteiger partial charge is 0.322 e. The number of allylic oxidation sites excluding steroid dienone is 1. The van der Waals surface area contributed by atoms with E-state index in [-0.39, 0.29) is 23.0 Å². The van der Waals surface area contributed by atoms with Crippen molar-refractivity contribution < 1.29 is 22.9 Å². The lowest BCUT2D eigenvalue weighted by atomic mass is 10.1. The van der Waals surface area contributed by atoms with Crippen molar-refractivity contribution in [2.75, 3.05) is 12.4 Å². The second-order valence-corrected chi connectivity index (χ2v) is 8.83. The van der Waals surface area contributed by atoms with E-state index in [2.05, 4.69) is 15.7 Å². The summed E-state index contributed by atoms with van der Waals surface area (Å²) in [5, 5.41) is 24.5. The summed E-state index contributed by atoms with van der Waals surface area (Å²) < 4.78 is 38.5. The van der Waals surface area contributed by atoms with Crippen LogP contribution in [0.2, 0.25) is 0 Å². The van der Waals surface area contributed by atoms with E-state index in [1.54, 1.807) is 12.1 Å². The molecule has 1 fully saturated rings. The van der Waals surface area contributed by atoms with Gasteiger partial charge in [-0.3, -0.25) is 14.9 Å². The van der Waals surface area contributed by atoms with Gasteiger partial charge in [0.2, 0.25) is 0 Å². The summed E-state index contributed by atoms with van der Waals surface area (Å²) in [5.74, 6) is -0.680. The number of unbranched alkanes of at least 4 members (excludes halogenated alkanes) is 1. The number of thioether (sulfide) groups is 1. The van der Waals surface area contributed by atoms with Gasteiger partial charge in [-0.1, -0.05) is 36.4 Å². The highest BCUT2D eigenvalue weighted by molar-refractivity contribution is 8.03. The van der Waals surface area contributed by atoms with Crippen LogP contribution >= 0.6 is 11.8 Å². The lowest BCUT2D eigenvalue weighted by Crippen LogP contribution is -2.18. The van der Waals surface area contributed by atoms with Gasteiger partial charge in [0, 0.05) is 22.7 Å². The number of nitrogens with one attached hydrogen (secondary N) is 1. The van der Waals surface area contributed by atoms with E-state index in [0.29, 0.717) is 4.90 Å². The average molecular weight is 508 g/mol. The van der Waals surface area contributed by atoms with Crippen LogP contribution in [0, 0.1) is 10.1 Å². The molecule has 12 heteroatoms. The van der Waals surface area contributed by atoms with Gasteiger partial charge >= 0.3 is 6.18 Å². The molecular formula is C23H24F3N5O3S. The summed E-state index contributed by atoms with van der Waals surface area (Å²) in [7, 11) is 1.56. The lowest BCUT2D eigenvalue weighted by Gasteiger charge is -2.21. The number of non-ortho nitro benzene ring substituents is 1. The largest absolute Gasteiger partial charge is 0.416 e. The minimum absolute atomic E-state index is 0.0238. The van der Waals surface area contributed by atoms with Crippen molar-refractivity contribution in [2.24, 2.45) is 10.3 Å². The fourth-order valence-electron chi connectivity index (χ4n) is 3.11. The standard InChI is InChI=1S/C23H24F3N5O3S/c1-3-4-5-21(30(29-27-2)17-10-11-17)35-20-13-12-18(31(33)34)14-19(20)22(32)28-16-8-6-15(7-9-16)23(24,25)26/h5-9,12-14,17H,3-4,10-11H2,1-2H3,(H,28,32)/b21-5-,29-27?. The summed E-state index contributed by atoms with van der Waals surface area (Å²) in [5.41, 5.74) is -0.973. The van der Waals surface area contributed by atoms with Gasteiger partial charge in [-0.15, -0.1) is 0 Å². The third-order valence-corrected chi connectivity index (χ3v) is 6.15. The second kappa shape index (κ2) is 11.3. The Morgan fingerprint density at radius 1 is 1.26 bits per heavy atom. The number of hydrogen-bond acceptors (Lipinski definition) is 6. The number of anilines is 1. The molecule has 3 rings (SSSR count). The van der Waals surface area contributed by atoms with Crippen molar-refractivity contribution >= 4 is 29.0 Å². The minimum Gasteiger partial charge on any atom is -0.322 e. The molecule has 1 saturated carbocycles. The first kappa shape index (κ1) is 26.2. The number of nitro groups is 1. The number of halogens is 3. The number of rotatable bonds is 10. The fraction of sp³-hybridized carbons (Fsp3) is 0.348. The molecule has 0 unspecified atom stereocenters. The second-order valence-electron chi connectivity index (χ2n) is 7.77. The number of nitro benzene ring substituents is 1. The molecule has 0 heterocycles. The van der Waals surface area contributed by atoms with Crippen LogP contribution in [0.25, 0.3) is 0 Å². The number of hydrogen-bond donors (Lipinski definition) is 1. The number of carbonyl (C=O) groups excluding carboxylic acids is 1. The van der Waals surface area contributed by atoms with Gasteiger partial charge in [-0.05, 0) is 49.6 Å². The van der Waals surface area contributed by atoms with Gasteiger partial charge in [-0.25, -0.2) is 5.01 Å². The Hall–Kier alpha value is -3.41. The first-order valence-corrected chi connectivity index (χ1v) is 11.7. The van der Waals surface area contributed by atoms with Crippen LogP contribution < -0.4 is 5.32 Å². The van der Waals surface area contributed by atoms with Gasteiger partial charge in [0.15, 0.2) is 0 Å². The van der Waals surface area contributed by atoms with Gasteiger partial charge in [0.05, 0.1) is 34.2 Å². The highest BCUT2D eigenvalue weighted by Crippen LogP contribution is 2.40. The normalized spacial score (nSPS) is 14.3. The molecular weight excluding hydrogens is 483 g/mol. The van der Waals surface area contributed by atoms with Gasteiger partial charge in [0.25, 0.3) is 11.6 Å². The monoisotopic (exact) mass is 507 g/mol. The van der Waals surface area contributed by atoms with E-state index in [9.17, 15) is 28.1 Å². The number of alkyl halides is 3. The number of amides is 1. The maximum atomic E-state index is 13.1. The molecule has 0 saturated heterocycles. The molecule has 2 aromatic carbocycles. The summed E-state index contributed by atoms with van der Waals surface area (Å²) in [4.78, 5) is 24.3. The molecule has 0 atom stereocenters. The van der Waals surface area contributed by atoms with Crippen LogP contribution in [0.3, 0.4) is 0 Å². The van der Waals surface area contributed by atoms with E-state index < -0.39 is 22.6 Å². The number of carbonyl (C=O) groups is 1. The summed E-state index contributed by atoms with van der Waals surface area (Å²) in [6, 6.07) is 8.11. The zero-order valence-corrected chi connectivity index (χ0v) is 19.9. The van der Waals surface area contributed by atoms with Gasteiger partial charge in [0.1, 0.15) is 0 Å². The van der Waals surface area contributed by atoms with Crippen LogP contribution in [0.1, 0.15) is 48.5 Å². The van der Waals surface area contributed by atoms with E-state index in [4.69, 9.17) is 0 Å². The molecule has 35 heavy (non-hydrogen) atoms. The minimum atomic E-state index is -4.50. The van der Waals surface area contributed by atoms with Crippen molar-refractivity contribution in [3.8, 4) is 0 Å². The molecule has 186 valence electrons. The van der Waals surface area contributed by atoms with E-state index >= 15 is 0 Å². The SMILES string of the molecule is CCC/C=C(\Sc1ccc([N+](=O)[O-])cc1C(=O)Nc1ccc(C(F)(F)F)cc1)N(N=NC)C1CC1. The highest BCUT2D eigenvalue weighted by Gasteiger charge is 2.32. The molecule has 0 spiro atoms. The van der Waals surface area contributed by atoms with Gasteiger partial charge < -0.3 is 5.32 Å². The van der Waals surface area contributed by atoms with Crippen molar-refractivity contribution in [2.45, 2.75) is 49.7 Å². The highest BCUT2D eigenvalue weighted by atomic mass is 32.2. The van der Waals surface area contributed by atoms with Crippen LogP contribution in [-0.2, 0) is 6.18 Å². The molecule has 1 N–H and O–H groups in total. The van der Waals surface area contributed by atoms with E-state index in [1.165, 1.54) is 23.9 Å². The molecule has 1 aliphatic carbocycles. The predicted octanol–water partition coefficient (Wildman–Crippen LogP) is 7.06. The average Bonchev–Trinajstić information content (AvgIpc) is 3.65. The first-order chi connectivity index (χ1) is 16.6. The van der Waals surface area contributed by atoms with Crippen molar-refractivity contribution in [3.63, 3.8) is 0 Å². The topological polar surface area (TPSA) is 100 Å². The van der Waals surface area contributed by atoms with Crippen molar-refractivity contribution in [1.29, 1.82) is 0 Å². The van der Waals surface area contributed by atoms with Crippen molar-refractivity contribution in [3.05, 3.63) is 74.8 Å². The fourth-order valence-corrected chi connectivity index (χ4v) is 4.22. The van der Waals surface area contributed by atoms with Gasteiger partial charge in [-0.2, -0.15) is 18.3 Å². The zero-order valence-electron chi connectivity index (χ0n) is 19.1. The van der Waals surface area contributed by atoms with E-state index in [1.807, 2.05) is 13.0 Å². The Bertz CT molecular complexity index is 1130. The Morgan fingerprint density at radius 2 is 1.94 bits per heavy atom. The number of benzene rings is 2. The summed E-state index contributed by atoms with van der Waals surface area (Å²) in [6.45, 7) is 2.02. The molecule has 0 radical (unpaired) electrons. The quantitative estimate of drug-likeness (QED) is 0.161. The molecule has 1 aliphatic rings. The van der Waals surface area contributed by atoms with Crippen LogP contribution in [-0.4, -0.2) is 28.9 Å². The molecule has 1 amide bonds. The predicted molar refractivity (Wildman–Crippen MR) is 127 cm³/mol. The molecule has 0 aliphatic heterocycles. The van der Waals surface area contributed by atoms with Crippen LogP contribution in [0.4, 0.5) is 24.5 Å². The zero-order chi connectivity index (χ0) is 25.6. The maximum Gasteiger partial charge on any atom is 0.416 e. The van der Waals surface area contributed by atoms with Crippen LogP contribution in [0.5, 0.6) is 0 Å². The Balaban J connectivity index is 1.93.